The lowest BCUT2D eigenvalue weighted by Crippen LogP contribution is -2.08. The van der Waals surface area contributed by atoms with E-state index in [0.717, 1.165) is 11.8 Å². The van der Waals surface area contributed by atoms with Crippen LogP contribution in [0.25, 0.3) is 0 Å². The van der Waals surface area contributed by atoms with E-state index in [-0.39, 0.29) is 0 Å². The summed E-state index contributed by atoms with van der Waals surface area (Å²) in [6.07, 6.45) is 17.9. The highest BCUT2D eigenvalue weighted by Gasteiger charge is 2.19. The lowest BCUT2D eigenvalue weighted by molar-refractivity contribution is 0.402. The van der Waals surface area contributed by atoms with E-state index in [4.69, 9.17) is 0 Å². The maximum absolute atomic E-state index is 2.37. The van der Waals surface area contributed by atoms with Gasteiger partial charge in [-0.3, -0.25) is 0 Å². The molecule has 0 spiro atoms. The van der Waals surface area contributed by atoms with Crippen LogP contribution in [0.3, 0.4) is 0 Å². The van der Waals surface area contributed by atoms with Gasteiger partial charge >= 0.3 is 0 Å². The first-order chi connectivity index (χ1) is 5.97. The van der Waals surface area contributed by atoms with Crippen LogP contribution in [-0.4, -0.2) is 0 Å². The molecule has 0 nitrogen and oxygen atoms in total. The third kappa shape index (κ3) is 1.80. The predicted molar refractivity (Wildman–Crippen MR) is 53.0 cm³/mol. The van der Waals surface area contributed by atoms with Crippen molar-refractivity contribution in [1.29, 1.82) is 0 Å². The molecule has 2 rings (SSSR count). The second-order valence-corrected chi connectivity index (χ2v) is 4.10. The zero-order valence-corrected chi connectivity index (χ0v) is 7.71. The van der Waals surface area contributed by atoms with Gasteiger partial charge in [-0.2, -0.15) is 0 Å². The summed E-state index contributed by atoms with van der Waals surface area (Å²) >= 11 is 0. The fourth-order valence-corrected chi connectivity index (χ4v) is 2.46. The Labute approximate surface area is 75.4 Å². The minimum atomic E-state index is 0.781. The molecule has 0 unspecified atom stereocenters. The summed E-state index contributed by atoms with van der Waals surface area (Å²) in [7, 11) is 0. The Morgan fingerprint density at radius 2 is 1.33 bits per heavy atom. The topological polar surface area (TPSA) is 0 Å². The van der Waals surface area contributed by atoms with Gasteiger partial charge in [0.25, 0.3) is 0 Å². The van der Waals surface area contributed by atoms with E-state index in [9.17, 15) is 0 Å². The highest BCUT2D eigenvalue weighted by molar-refractivity contribution is 5.18. The predicted octanol–water partition coefficient (Wildman–Crippen LogP) is 3.70. The molecule has 66 valence electrons. The van der Waals surface area contributed by atoms with Gasteiger partial charge in [0.1, 0.15) is 0 Å². The first-order valence-corrected chi connectivity index (χ1v) is 5.32. The van der Waals surface area contributed by atoms with E-state index >= 15 is 0 Å². The third-order valence-corrected chi connectivity index (χ3v) is 3.22. The van der Waals surface area contributed by atoms with Crippen LogP contribution in [-0.2, 0) is 0 Å². The molecule has 0 saturated heterocycles. The molecule has 0 aromatic heterocycles. The molecule has 12 heavy (non-hydrogen) atoms. The van der Waals surface area contributed by atoms with Crippen LogP contribution in [0.15, 0.2) is 24.3 Å². The third-order valence-electron chi connectivity index (χ3n) is 3.22. The van der Waals surface area contributed by atoms with E-state index in [2.05, 4.69) is 24.3 Å². The van der Waals surface area contributed by atoms with E-state index in [0.29, 0.717) is 0 Å². The lowest BCUT2D eigenvalue weighted by atomic mass is 9.87. The smallest absolute Gasteiger partial charge is 0.00190 e. The lowest BCUT2D eigenvalue weighted by Gasteiger charge is -2.18. The minimum absolute atomic E-state index is 0.781. The molecule has 0 bridgehead atoms. The normalized spacial score (nSPS) is 26.3. The SMILES string of the molecule is C1=CC(C2CCCCCC2)C=C1. The van der Waals surface area contributed by atoms with Crippen molar-refractivity contribution in [2.75, 3.05) is 0 Å². The van der Waals surface area contributed by atoms with Gasteiger partial charge in [-0.15, -0.1) is 0 Å². The summed E-state index contributed by atoms with van der Waals surface area (Å²) < 4.78 is 0. The van der Waals surface area contributed by atoms with E-state index in [1.54, 1.807) is 0 Å². The van der Waals surface area contributed by atoms with Crippen LogP contribution in [0.1, 0.15) is 38.5 Å². The Hall–Kier alpha value is -0.520. The van der Waals surface area contributed by atoms with Crippen molar-refractivity contribution in [2.45, 2.75) is 38.5 Å². The van der Waals surface area contributed by atoms with Crippen molar-refractivity contribution in [3.8, 4) is 0 Å². The fraction of sp³-hybridized carbons (Fsp3) is 0.667. The Morgan fingerprint density at radius 1 is 0.750 bits per heavy atom. The molecule has 0 heterocycles. The standard InChI is InChI=1S/C12H18/c1-2-4-8-11(7-3-1)12-9-5-6-10-12/h5-6,9-12H,1-4,7-8H2. The van der Waals surface area contributed by atoms with Crippen molar-refractivity contribution >= 4 is 0 Å². The highest BCUT2D eigenvalue weighted by atomic mass is 14.2. The second-order valence-electron chi connectivity index (χ2n) is 4.10. The van der Waals surface area contributed by atoms with E-state index < -0.39 is 0 Å². The quantitative estimate of drug-likeness (QED) is 0.516. The molecule has 2 aliphatic carbocycles. The van der Waals surface area contributed by atoms with Crippen LogP contribution in [0.2, 0.25) is 0 Å². The van der Waals surface area contributed by atoms with Gasteiger partial charge in [0.05, 0.1) is 0 Å². The summed E-state index contributed by atoms with van der Waals surface area (Å²) in [5.41, 5.74) is 0. The van der Waals surface area contributed by atoms with Crippen LogP contribution in [0.5, 0.6) is 0 Å². The number of hydrogen-bond donors (Lipinski definition) is 0. The first-order valence-electron chi connectivity index (χ1n) is 5.32. The van der Waals surface area contributed by atoms with Crippen LogP contribution in [0, 0.1) is 11.8 Å². The Kier molecular flexibility index (Phi) is 2.65. The van der Waals surface area contributed by atoms with Crippen molar-refractivity contribution in [2.24, 2.45) is 11.8 Å². The summed E-state index contributed by atoms with van der Waals surface area (Å²) in [5, 5.41) is 0. The molecule has 1 fully saturated rings. The van der Waals surface area contributed by atoms with Crippen LogP contribution < -0.4 is 0 Å². The average molecular weight is 162 g/mol. The maximum atomic E-state index is 2.37. The molecule has 0 N–H and O–H groups in total. The van der Waals surface area contributed by atoms with E-state index in [1.807, 2.05) is 0 Å². The number of rotatable bonds is 1. The summed E-state index contributed by atoms with van der Waals surface area (Å²) in [6, 6.07) is 0. The van der Waals surface area contributed by atoms with Gasteiger partial charge in [0, 0.05) is 0 Å². The van der Waals surface area contributed by atoms with Gasteiger partial charge in [-0.25, -0.2) is 0 Å². The highest BCUT2D eigenvalue weighted by Crippen LogP contribution is 2.31. The Morgan fingerprint density at radius 3 is 1.92 bits per heavy atom. The van der Waals surface area contributed by atoms with Gasteiger partial charge in [-0.05, 0) is 24.7 Å². The average Bonchev–Trinajstić information content (AvgIpc) is 2.48. The monoisotopic (exact) mass is 162 g/mol. The largest absolute Gasteiger partial charge is 0.0773 e. The Balaban J connectivity index is 1.92. The van der Waals surface area contributed by atoms with Crippen molar-refractivity contribution in [3.63, 3.8) is 0 Å². The van der Waals surface area contributed by atoms with Crippen molar-refractivity contribution in [1.82, 2.24) is 0 Å². The molecule has 0 amide bonds. The van der Waals surface area contributed by atoms with Crippen molar-refractivity contribution < 1.29 is 0 Å². The molecular weight excluding hydrogens is 144 g/mol. The summed E-state index contributed by atoms with van der Waals surface area (Å²) in [5.74, 6) is 1.74. The molecule has 0 aromatic rings. The van der Waals surface area contributed by atoms with Gasteiger partial charge in [-0.1, -0.05) is 50.0 Å². The molecular formula is C12H18. The van der Waals surface area contributed by atoms with Crippen LogP contribution in [0.4, 0.5) is 0 Å². The molecule has 0 radical (unpaired) electrons. The van der Waals surface area contributed by atoms with Gasteiger partial charge in [0.2, 0.25) is 0 Å². The second kappa shape index (κ2) is 3.93. The number of allylic oxidation sites excluding steroid dienone is 4. The molecule has 0 aliphatic heterocycles. The van der Waals surface area contributed by atoms with Gasteiger partial charge < -0.3 is 0 Å². The summed E-state index contributed by atoms with van der Waals surface area (Å²) in [4.78, 5) is 0. The van der Waals surface area contributed by atoms with Crippen LogP contribution >= 0.6 is 0 Å². The van der Waals surface area contributed by atoms with Gasteiger partial charge in [0.15, 0.2) is 0 Å². The molecule has 2 aliphatic rings. The Bertz CT molecular complexity index is 168. The first kappa shape index (κ1) is 8.10. The minimum Gasteiger partial charge on any atom is -0.0773 e. The number of hydrogen-bond acceptors (Lipinski definition) is 0. The maximum Gasteiger partial charge on any atom is -0.00190 e. The molecule has 1 saturated carbocycles. The van der Waals surface area contributed by atoms with Crippen molar-refractivity contribution in [3.05, 3.63) is 24.3 Å². The zero-order chi connectivity index (χ0) is 8.23. The molecule has 0 atom stereocenters. The molecule has 0 heteroatoms. The fourth-order valence-electron chi connectivity index (χ4n) is 2.46. The molecule has 0 aromatic carbocycles. The zero-order valence-electron chi connectivity index (χ0n) is 7.71. The summed E-state index contributed by atoms with van der Waals surface area (Å²) in [6.45, 7) is 0. The van der Waals surface area contributed by atoms with E-state index in [1.165, 1.54) is 38.5 Å².